The van der Waals surface area contributed by atoms with Crippen LogP contribution in [0.5, 0.6) is 0 Å². The minimum Gasteiger partial charge on any atom is -0.0859 e. The lowest BCUT2D eigenvalue weighted by atomic mass is 10.1. The molecule has 0 amide bonds. The Morgan fingerprint density at radius 2 is 1.90 bits per heavy atom. The summed E-state index contributed by atoms with van der Waals surface area (Å²) in [6.07, 6.45) is 8.92. The maximum Gasteiger partial charge on any atom is -0.0323 e. The zero-order chi connectivity index (χ0) is 7.82. The Bertz CT molecular complexity index is 90.2. The second-order valence-corrected chi connectivity index (χ2v) is 2.92. The van der Waals surface area contributed by atoms with E-state index in [9.17, 15) is 0 Å². The van der Waals surface area contributed by atoms with Gasteiger partial charge in [-0.25, -0.2) is 0 Å². The van der Waals surface area contributed by atoms with E-state index in [4.69, 9.17) is 0 Å². The quantitative estimate of drug-likeness (QED) is 0.401. The number of allylic oxidation sites excluding steroid dienone is 2. The van der Waals surface area contributed by atoms with Gasteiger partial charge in [0.1, 0.15) is 0 Å². The molecule has 0 atom stereocenters. The van der Waals surface area contributed by atoms with Crippen molar-refractivity contribution in [1.82, 2.24) is 0 Å². The predicted octanol–water partition coefficient (Wildman–Crippen LogP) is 3.92. The summed E-state index contributed by atoms with van der Waals surface area (Å²) in [5.74, 6) is 0. The predicted molar refractivity (Wildman–Crippen MR) is 48.2 cm³/mol. The van der Waals surface area contributed by atoms with Crippen molar-refractivity contribution in [2.75, 3.05) is 0 Å². The van der Waals surface area contributed by atoms with Gasteiger partial charge in [-0.2, -0.15) is 0 Å². The monoisotopic (exact) mass is 140 g/mol. The second-order valence-electron chi connectivity index (χ2n) is 2.92. The van der Waals surface area contributed by atoms with Crippen LogP contribution in [0.3, 0.4) is 0 Å². The average Bonchev–Trinajstić information content (AvgIpc) is 1.89. The standard InChI is InChI=1S/C10H20/c1-4-6-7-9-10(3)8-5-2/h8H,4-7,9H2,1-3H3. The van der Waals surface area contributed by atoms with E-state index >= 15 is 0 Å². The van der Waals surface area contributed by atoms with E-state index in [1.165, 1.54) is 32.1 Å². The highest BCUT2D eigenvalue weighted by atomic mass is 13.9. The minimum absolute atomic E-state index is 1.19. The van der Waals surface area contributed by atoms with Crippen molar-refractivity contribution in [1.29, 1.82) is 0 Å². The Kier molecular flexibility index (Phi) is 6.68. The van der Waals surface area contributed by atoms with Crippen molar-refractivity contribution in [2.45, 2.75) is 52.9 Å². The summed E-state index contributed by atoms with van der Waals surface area (Å²) in [5, 5.41) is 0. The highest BCUT2D eigenvalue weighted by Gasteiger charge is 1.87. The van der Waals surface area contributed by atoms with Gasteiger partial charge >= 0.3 is 0 Å². The van der Waals surface area contributed by atoms with Crippen LogP contribution in [0.25, 0.3) is 0 Å². The first-order chi connectivity index (χ1) is 4.81. The molecule has 0 N–H and O–H groups in total. The molecule has 0 aromatic rings. The summed E-state index contributed by atoms with van der Waals surface area (Å²) in [5.41, 5.74) is 1.57. The maximum absolute atomic E-state index is 2.33. The van der Waals surface area contributed by atoms with Gasteiger partial charge in [-0.05, 0) is 26.2 Å². The van der Waals surface area contributed by atoms with Crippen molar-refractivity contribution in [3.8, 4) is 0 Å². The Balaban J connectivity index is 3.21. The maximum atomic E-state index is 2.33. The van der Waals surface area contributed by atoms with Gasteiger partial charge in [-0.3, -0.25) is 0 Å². The first-order valence-corrected chi connectivity index (χ1v) is 4.46. The molecule has 0 aromatic carbocycles. The molecular formula is C10H20. The lowest BCUT2D eigenvalue weighted by Gasteiger charge is -1.98. The third-order valence-electron chi connectivity index (χ3n) is 1.73. The Labute approximate surface area is 65.3 Å². The number of rotatable bonds is 5. The molecule has 0 unspecified atom stereocenters. The molecule has 0 bridgehead atoms. The molecule has 0 aliphatic heterocycles. The molecule has 0 rings (SSSR count). The summed E-state index contributed by atoms with van der Waals surface area (Å²) >= 11 is 0. The molecule has 10 heavy (non-hydrogen) atoms. The molecule has 0 nitrogen and oxygen atoms in total. The van der Waals surface area contributed by atoms with Gasteiger partial charge in [0, 0.05) is 0 Å². The average molecular weight is 140 g/mol. The van der Waals surface area contributed by atoms with E-state index in [0.29, 0.717) is 0 Å². The van der Waals surface area contributed by atoms with Gasteiger partial charge in [0.25, 0.3) is 0 Å². The Hall–Kier alpha value is -0.260. The van der Waals surface area contributed by atoms with Crippen LogP contribution >= 0.6 is 0 Å². The first kappa shape index (κ1) is 9.74. The van der Waals surface area contributed by atoms with Crippen LogP contribution in [-0.2, 0) is 0 Å². The number of unbranched alkanes of at least 4 members (excludes halogenated alkanes) is 2. The van der Waals surface area contributed by atoms with E-state index in [2.05, 4.69) is 26.8 Å². The van der Waals surface area contributed by atoms with Gasteiger partial charge in [0.2, 0.25) is 0 Å². The highest BCUT2D eigenvalue weighted by molar-refractivity contribution is 4.96. The van der Waals surface area contributed by atoms with Crippen molar-refractivity contribution in [2.24, 2.45) is 0 Å². The fourth-order valence-electron chi connectivity index (χ4n) is 1.10. The van der Waals surface area contributed by atoms with Gasteiger partial charge in [-0.15, -0.1) is 0 Å². The van der Waals surface area contributed by atoms with Crippen molar-refractivity contribution in [3.63, 3.8) is 0 Å². The fraction of sp³-hybridized carbons (Fsp3) is 0.800. The SMILES string of the molecule is CCC=C(C)CCCCC. The number of hydrogen-bond donors (Lipinski definition) is 0. The van der Waals surface area contributed by atoms with Gasteiger partial charge in [0.15, 0.2) is 0 Å². The van der Waals surface area contributed by atoms with Gasteiger partial charge in [0.05, 0.1) is 0 Å². The van der Waals surface area contributed by atoms with Crippen LogP contribution < -0.4 is 0 Å². The van der Waals surface area contributed by atoms with Crippen LogP contribution in [-0.4, -0.2) is 0 Å². The molecule has 0 aliphatic rings. The molecule has 0 heterocycles. The lowest BCUT2D eigenvalue weighted by molar-refractivity contribution is 0.711. The molecule has 0 heteroatoms. The van der Waals surface area contributed by atoms with Crippen molar-refractivity contribution in [3.05, 3.63) is 11.6 Å². The normalized spacial score (nSPS) is 12.1. The van der Waals surface area contributed by atoms with Crippen LogP contribution in [0, 0.1) is 0 Å². The molecule has 0 spiro atoms. The molecule has 0 radical (unpaired) electrons. The van der Waals surface area contributed by atoms with Crippen molar-refractivity contribution >= 4 is 0 Å². The van der Waals surface area contributed by atoms with E-state index in [-0.39, 0.29) is 0 Å². The van der Waals surface area contributed by atoms with Gasteiger partial charge < -0.3 is 0 Å². The van der Waals surface area contributed by atoms with E-state index in [0.717, 1.165) is 0 Å². The summed E-state index contributed by atoms with van der Waals surface area (Å²) in [6.45, 7) is 6.68. The smallest absolute Gasteiger partial charge is 0.0323 e. The van der Waals surface area contributed by atoms with Crippen LogP contribution in [0.2, 0.25) is 0 Å². The largest absolute Gasteiger partial charge is 0.0859 e. The molecular weight excluding hydrogens is 120 g/mol. The molecule has 0 fully saturated rings. The number of hydrogen-bond acceptors (Lipinski definition) is 0. The van der Waals surface area contributed by atoms with E-state index < -0.39 is 0 Å². The highest BCUT2D eigenvalue weighted by Crippen LogP contribution is 2.08. The third-order valence-corrected chi connectivity index (χ3v) is 1.73. The summed E-state index contributed by atoms with van der Waals surface area (Å²) < 4.78 is 0. The first-order valence-electron chi connectivity index (χ1n) is 4.46. The summed E-state index contributed by atoms with van der Waals surface area (Å²) in [4.78, 5) is 0. The lowest BCUT2D eigenvalue weighted by Crippen LogP contribution is -1.77. The van der Waals surface area contributed by atoms with Crippen LogP contribution in [0.15, 0.2) is 11.6 Å². The van der Waals surface area contributed by atoms with E-state index in [1.807, 2.05) is 0 Å². The van der Waals surface area contributed by atoms with Crippen LogP contribution in [0.4, 0.5) is 0 Å². The molecule has 0 aliphatic carbocycles. The summed E-state index contributed by atoms with van der Waals surface area (Å²) in [7, 11) is 0. The summed E-state index contributed by atoms with van der Waals surface area (Å²) in [6, 6.07) is 0. The Morgan fingerprint density at radius 3 is 2.40 bits per heavy atom. The van der Waals surface area contributed by atoms with Gasteiger partial charge in [-0.1, -0.05) is 38.3 Å². The minimum atomic E-state index is 1.19. The molecule has 60 valence electrons. The zero-order valence-electron chi connectivity index (χ0n) is 7.61. The zero-order valence-corrected chi connectivity index (χ0v) is 7.61. The second kappa shape index (κ2) is 6.85. The topological polar surface area (TPSA) is 0 Å². The molecule has 0 aromatic heterocycles. The fourth-order valence-corrected chi connectivity index (χ4v) is 1.10. The van der Waals surface area contributed by atoms with Crippen LogP contribution in [0.1, 0.15) is 52.9 Å². The van der Waals surface area contributed by atoms with E-state index in [1.54, 1.807) is 5.57 Å². The molecule has 0 saturated heterocycles. The van der Waals surface area contributed by atoms with Crippen molar-refractivity contribution < 1.29 is 0 Å². The molecule has 0 saturated carbocycles. The Morgan fingerprint density at radius 1 is 1.20 bits per heavy atom. The third kappa shape index (κ3) is 5.87.